The standard InChI is InChI=1S/C18H21F3N4O2S/c1-13(15-8-9-16(23-12-15)18(19,20)21)28(2,26)25-17(22)24-27-11-10-14-6-4-3-5-7-14/h3-9,12-13H,10-11H2,1-2H3,(H2,22,24). The lowest BCUT2D eigenvalue weighted by Crippen LogP contribution is -2.17. The summed E-state index contributed by atoms with van der Waals surface area (Å²) in [4.78, 5) is 8.46. The van der Waals surface area contributed by atoms with Crippen LogP contribution in [0.5, 0.6) is 0 Å². The summed E-state index contributed by atoms with van der Waals surface area (Å²) in [6, 6.07) is 11.7. The third-order valence-electron chi connectivity index (χ3n) is 3.96. The minimum atomic E-state index is -4.53. The number of nitrogens with two attached hydrogens (primary N) is 1. The van der Waals surface area contributed by atoms with E-state index in [0.29, 0.717) is 12.0 Å². The molecule has 1 aromatic heterocycles. The summed E-state index contributed by atoms with van der Waals surface area (Å²) in [5.41, 5.74) is 6.05. The van der Waals surface area contributed by atoms with E-state index >= 15 is 0 Å². The highest BCUT2D eigenvalue weighted by Crippen LogP contribution is 2.29. The van der Waals surface area contributed by atoms with Gasteiger partial charge in [0.25, 0.3) is 5.96 Å². The van der Waals surface area contributed by atoms with Crippen molar-refractivity contribution >= 4 is 15.7 Å². The Morgan fingerprint density at radius 2 is 1.93 bits per heavy atom. The second-order valence-electron chi connectivity index (χ2n) is 6.09. The highest BCUT2D eigenvalue weighted by Gasteiger charge is 2.32. The zero-order chi connectivity index (χ0) is 20.8. The summed E-state index contributed by atoms with van der Waals surface area (Å²) in [5.74, 6) is -0.299. The van der Waals surface area contributed by atoms with Crippen molar-refractivity contribution in [3.05, 3.63) is 65.5 Å². The number of nitrogens with zero attached hydrogens (tertiary/aromatic N) is 3. The summed E-state index contributed by atoms with van der Waals surface area (Å²) in [6.07, 6.45) is -1.53. The SMILES string of the molecule is CC(c1ccc(C(F)(F)F)nc1)S(C)(=O)=N/C(N)=N/OCCc1ccccc1. The maximum absolute atomic E-state index is 12.8. The van der Waals surface area contributed by atoms with E-state index in [0.717, 1.165) is 17.8 Å². The molecule has 0 aliphatic carbocycles. The summed E-state index contributed by atoms with van der Waals surface area (Å²) in [6.45, 7) is 1.84. The minimum absolute atomic E-state index is 0.267. The van der Waals surface area contributed by atoms with Crippen LogP contribution in [0, 0.1) is 0 Å². The topological polar surface area (TPSA) is 89.9 Å². The number of rotatable bonds is 6. The Hall–Kier alpha value is -2.62. The van der Waals surface area contributed by atoms with Crippen LogP contribution in [0.15, 0.2) is 58.2 Å². The van der Waals surface area contributed by atoms with Gasteiger partial charge in [-0.25, -0.2) is 4.21 Å². The van der Waals surface area contributed by atoms with E-state index in [2.05, 4.69) is 14.5 Å². The van der Waals surface area contributed by atoms with Crippen LogP contribution in [0.3, 0.4) is 0 Å². The van der Waals surface area contributed by atoms with Crippen molar-refractivity contribution in [1.29, 1.82) is 0 Å². The lowest BCUT2D eigenvalue weighted by atomic mass is 10.2. The van der Waals surface area contributed by atoms with Gasteiger partial charge < -0.3 is 10.6 Å². The Kier molecular flexibility index (Phi) is 7.00. The van der Waals surface area contributed by atoms with Crippen molar-refractivity contribution in [3.63, 3.8) is 0 Å². The van der Waals surface area contributed by atoms with Gasteiger partial charge in [-0.2, -0.15) is 17.5 Å². The Morgan fingerprint density at radius 1 is 1.25 bits per heavy atom. The molecule has 2 aromatic rings. The van der Waals surface area contributed by atoms with Gasteiger partial charge in [0, 0.05) is 18.9 Å². The van der Waals surface area contributed by atoms with Gasteiger partial charge in [-0.3, -0.25) is 4.98 Å². The fourth-order valence-corrected chi connectivity index (χ4v) is 3.47. The molecule has 0 fully saturated rings. The number of pyridine rings is 1. The highest BCUT2D eigenvalue weighted by atomic mass is 32.2. The van der Waals surface area contributed by atoms with E-state index in [1.807, 2.05) is 30.3 Å². The molecule has 1 heterocycles. The normalized spacial score (nSPS) is 15.5. The van der Waals surface area contributed by atoms with Gasteiger partial charge in [-0.1, -0.05) is 36.4 Å². The zero-order valence-corrected chi connectivity index (χ0v) is 16.2. The predicted molar refractivity (Wildman–Crippen MR) is 102 cm³/mol. The Morgan fingerprint density at radius 3 is 2.50 bits per heavy atom. The number of oxime groups is 1. The quantitative estimate of drug-likeness (QED) is 0.337. The molecule has 0 radical (unpaired) electrons. The van der Waals surface area contributed by atoms with Crippen LogP contribution < -0.4 is 5.73 Å². The molecule has 0 aliphatic rings. The molecule has 152 valence electrons. The molecule has 0 bridgehead atoms. The van der Waals surface area contributed by atoms with Crippen LogP contribution in [0.2, 0.25) is 0 Å². The first-order valence-electron chi connectivity index (χ1n) is 8.33. The van der Waals surface area contributed by atoms with Crippen LogP contribution in [0.4, 0.5) is 13.2 Å². The molecular weight excluding hydrogens is 393 g/mol. The van der Waals surface area contributed by atoms with Gasteiger partial charge >= 0.3 is 6.18 Å². The van der Waals surface area contributed by atoms with E-state index in [4.69, 9.17) is 10.6 Å². The van der Waals surface area contributed by atoms with Crippen molar-refractivity contribution in [2.24, 2.45) is 15.3 Å². The van der Waals surface area contributed by atoms with Crippen LogP contribution in [-0.4, -0.2) is 28.0 Å². The van der Waals surface area contributed by atoms with Gasteiger partial charge in [0.15, 0.2) is 0 Å². The average Bonchev–Trinajstić information content (AvgIpc) is 2.64. The summed E-state index contributed by atoms with van der Waals surface area (Å²) >= 11 is 0. The molecule has 2 unspecified atom stereocenters. The Balaban J connectivity index is 2.02. The van der Waals surface area contributed by atoms with Gasteiger partial charge in [0.2, 0.25) is 0 Å². The van der Waals surface area contributed by atoms with E-state index < -0.39 is 26.8 Å². The van der Waals surface area contributed by atoms with E-state index in [-0.39, 0.29) is 12.6 Å². The molecule has 0 amide bonds. The third-order valence-corrected chi connectivity index (χ3v) is 6.09. The first-order chi connectivity index (χ1) is 13.1. The van der Waals surface area contributed by atoms with Gasteiger partial charge in [-0.15, -0.1) is 0 Å². The molecule has 2 rings (SSSR count). The van der Waals surface area contributed by atoms with Gasteiger partial charge in [-0.05, 0) is 29.3 Å². The molecule has 10 heteroatoms. The number of halogens is 3. The molecule has 0 saturated carbocycles. The van der Waals surface area contributed by atoms with Crippen molar-refractivity contribution in [2.75, 3.05) is 12.9 Å². The molecule has 0 saturated heterocycles. The summed E-state index contributed by atoms with van der Waals surface area (Å²) < 4.78 is 54.5. The molecule has 0 aliphatic heterocycles. The van der Waals surface area contributed by atoms with Crippen LogP contribution in [-0.2, 0) is 27.2 Å². The maximum atomic E-state index is 12.8. The summed E-state index contributed by atoms with van der Waals surface area (Å²) in [7, 11) is -2.93. The van der Waals surface area contributed by atoms with E-state index in [1.165, 1.54) is 12.3 Å². The third kappa shape index (κ3) is 6.22. The highest BCUT2D eigenvalue weighted by molar-refractivity contribution is 7.93. The van der Waals surface area contributed by atoms with Crippen molar-refractivity contribution < 1.29 is 22.2 Å². The van der Waals surface area contributed by atoms with Crippen molar-refractivity contribution in [3.8, 4) is 0 Å². The average molecular weight is 414 g/mol. The number of guanidine groups is 1. The molecule has 6 nitrogen and oxygen atoms in total. The van der Waals surface area contributed by atoms with E-state index in [1.54, 1.807) is 6.92 Å². The fourth-order valence-electron chi connectivity index (χ4n) is 2.27. The number of alkyl halides is 3. The number of benzene rings is 1. The van der Waals surface area contributed by atoms with E-state index in [9.17, 15) is 17.4 Å². The Bertz CT molecular complexity index is 922. The molecular formula is C18H21F3N4O2S. The van der Waals surface area contributed by atoms with Crippen LogP contribution >= 0.6 is 0 Å². The second kappa shape index (κ2) is 9.05. The second-order valence-corrected chi connectivity index (χ2v) is 8.70. The molecule has 0 spiro atoms. The largest absolute Gasteiger partial charge is 0.433 e. The first-order valence-corrected chi connectivity index (χ1v) is 10.3. The van der Waals surface area contributed by atoms with Crippen LogP contribution in [0.1, 0.15) is 29.0 Å². The zero-order valence-electron chi connectivity index (χ0n) is 15.4. The monoisotopic (exact) mass is 414 g/mol. The molecule has 2 atom stereocenters. The lowest BCUT2D eigenvalue weighted by molar-refractivity contribution is -0.141. The molecule has 28 heavy (non-hydrogen) atoms. The first kappa shape index (κ1) is 21.7. The lowest BCUT2D eigenvalue weighted by Gasteiger charge is -2.14. The maximum Gasteiger partial charge on any atom is 0.433 e. The number of hydrogen-bond acceptors (Lipinski definition) is 4. The fraction of sp³-hybridized carbons (Fsp3) is 0.333. The van der Waals surface area contributed by atoms with Crippen molar-refractivity contribution in [1.82, 2.24) is 4.98 Å². The number of hydrogen-bond donors (Lipinski definition) is 1. The van der Waals surface area contributed by atoms with Gasteiger partial charge in [0.05, 0.1) is 15.0 Å². The van der Waals surface area contributed by atoms with Crippen molar-refractivity contribution in [2.45, 2.75) is 24.8 Å². The Labute approximate surface area is 161 Å². The van der Waals surface area contributed by atoms with Crippen LogP contribution in [0.25, 0.3) is 0 Å². The summed E-state index contributed by atoms with van der Waals surface area (Å²) in [5, 5.41) is 2.92. The molecule has 1 aromatic carbocycles. The predicted octanol–water partition coefficient (Wildman–Crippen LogP) is 3.75. The smallest absolute Gasteiger partial charge is 0.392 e. The number of aromatic nitrogens is 1. The minimum Gasteiger partial charge on any atom is -0.392 e. The van der Waals surface area contributed by atoms with Gasteiger partial charge in [0.1, 0.15) is 12.3 Å². The molecule has 2 N–H and O–H groups in total.